The van der Waals surface area contributed by atoms with Crippen molar-refractivity contribution >= 4 is 34.8 Å². The predicted molar refractivity (Wildman–Crippen MR) is 159 cm³/mol. The molecule has 0 aliphatic carbocycles. The zero-order chi connectivity index (χ0) is 28.2. The van der Waals surface area contributed by atoms with Gasteiger partial charge >= 0.3 is 5.97 Å². The van der Waals surface area contributed by atoms with Crippen molar-refractivity contribution in [1.29, 1.82) is 0 Å². The van der Waals surface area contributed by atoms with E-state index in [-0.39, 0.29) is 12.2 Å². The Bertz CT molecular complexity index is 1720. The lowest BCUT2D eigenvalue weighted by atomic mass is 9.93. The normalized spacial score (nSPS) is 14.9. The van der Waals surface area contributed by atoms with Gasteiger partial charge in [-0.3, -0.25) is 9.36 Å². The summed E-state index contributed by atoms with van der Waals surface area (Å²) in [6.45, 7) is 4.43. The summed E-state index contributed by atoms with van der Waals surface area (Å²) in [6.07, 6.45) is 1.87. The lowest BCUT2D eigenvalue weighted by molar-refractivity contribution is -0.138. The van der Waals surface area contributed by atoms with Crippen molar-refractivity contribution in [2.75, 3.05) is 32.2 Å². The van der Waals surface area contributed by atoms with E-state index in [1.807, 2.05) is 111 Å². The summed E-state index contributed by atoms with van der Waals surface area (Å²) in [5, 5.41) is 0. The van der Waals surface area contributed by atoms with Gasteiger partial charge in [0.1, 0.15) is 5.75 Å². The highest BCUT2D eigenvalue weighted by Crippen LogP contribution is 2.35. The molecule has 0 unspecified atom stereocenters. The molecule has 8 heteroatoms. The second-order valence-corrected chi connectivity index (χ2v) is 10.4. The van der Waals surface area contributed by atoms with Crippen molar-refractivity contribution in [3.8, 4) is 5.75 Å². The van der Waals surface area contributed by atoms with Crippen molar-refractivity contribution in [3.63, 3.8) is 0 Å². The highest BCUT2D eigenvalue weighted by molar-refractivity contribution is 7.07. The zero-order valence-electron chi connectivity index (χ0n) is 23.0. The Balaban J connectivity index is 1.76. The van der Waals surface area contributed by atoms with Crippen LogP contribution in [0.5, 0.6) is 5.75 Å². The number of anilines is 1. The quantitative estimate of drug-likeness (QED) is 0.303. The Hall–Kier alpha value is -4.43. The van der Waals surface area contributed by atoms with Crippen LogP contribution >= 0.6 is 11.3 Å². The molecular formula is C32H31N3O4S. The molecule has 0 radical (unpaired) electrons. The molecule has 1 aromatic heterocycles. The minimum Gasteiger partial charge on any atom is -0.494 e. The molecule has 1 atom stereocenters. The molecule has 0 saturated heterocycles. The average Bonchev–Trinajstić information content (AvgIpc) is 3.28. The number of esters is 1. The molecule has 0 fully saturated rings. The van der Waals surface area contributed by atoms with E-state index in [0.29, 0.717) is 33.0 Å². The van der Waals surface area contributed by atoms with Crippen LogP contribution in [0.25, 0.3) is 11.8 Å². The monoisotopic (exact) mass is 553 g/mol. The second kappa shape index (κ2) is 11.8. The third kappa shape index (κ3) is 5.35. The van der Waals surface area contributed by atoms with Crippen LogP contribution in [-0.4, -0.2) is 37.8 Å². The maximum absolute atomic E-state index is 14.0. The number of hydrogen-bond acceptors (Lipinski definition) is 7. The van der Waals surface area contributed by atoms with Gasteiger partial charge in [0.05, 0.1) is 35.1 Å². The third-order valence-corrected chi connectivity index (χ3v) is 7.57. The van der Waals surface area contributed by atoms with Gasteiger partial charge in [-0.05, 0) is 55.3 Å². The average molecular weight is 554 g/mol. The Morgan fingerprint density at radius 1 is 0.975 bits per heavy atom. The number of carbonyl (C=O) groups is 1. The minimum atomic E-state index is -0.723. The van der Waals surface area contributed by atoms with E-state index in [9.17, 15) is 9.59 Å². The summed E-state index contributed by atoms with van der Waals surface area (Å²) >= 11 is 1.31. The highest BCUT2D eigenvalue weighted by atomic mass is 32.1. The van der Waals surface area contributed by atoms with Crippen LogP contribution in [0.2, 0.25) is 0 Å². The van der Waals surface area contributed by atoms with Crippen LogP contribution in [0.3, 0.4) is 0 Å². The summed E-state index contributed by atoms with van der Waals surface area (Å²) in [5.41, 5.74) is 4.12. The van der Waals surface area contributed by atoms with Crippen molar-refractivity contribution < 1.29 is 14.3 Å². The third-order valence-electron chi connectivity index (χ3n) is 6.59. The zero-order valence-corrected chi connectivity index (χ0v) is 23.8. The largest absolute Gasteiger partial charge is 0.494 e. The van der Waals surface area contributed by atoms with Crippen molar-refractivity contribution in [2.45, 2.75) is 19.9 Å². The summed E-state index contributed by atoms with van der Waals surface area (Å²) in [4.78, 5) is 35.0. The van der Waals surface area contributed by atoms with E-state index in [1.54, 1.807) is 11.5 Å². The summed E-state index contributed by atoms with van der Waals surface area (Å²) in [5.74, 6) is 0.210. The SMILES string of the molecule is CCOC(=O)C1=C(c2ccccc2)N=c2s/c(=C/c3ccc(N(C)C)cc3)c(=O)n2[C@H]1c1ccc(OCC)cc1. The van der Waals surface area contributed by atoms with Gasteiger partial charge < -0.3 is 14.4 Å². The van der Waals surface area contributed by atoms with E-state index in [1.165, 1.54) is 11.3 Å². The molecule has 0 N–H and O–H groups in total. The summed E-state index contributed by atoms with van der Waals surface area (Å²) in [6, 6.07) is 24.3. The van der Waals surface area contributed by atoms with E-state index in [4.69, 9.17) is 14.5 Å². The number of hydrogen-bond donors (Lipinski definition) is 0. The molecule has 5 rings (SSSR count). The number of carbonyl (C=O) groups excluding carboxylic acids is 1. The smallest absolute Gasteiger partial charge is 0.338 e. The predicted octanol–water partition coefficient (Wildman–Crippen LogP) is 4.40. The maximum Gasteiger partial charge on any atom is 0.338 e. The summed E-state index contributed by atoms with van der Waals surface area (Å²) < 4.78 is 13.3. The lowest BCUT2D eigenvalue weighted by Crippen LogP contribution is -2.40. The summed E-state index contributed by atoms with van der Waals surface area (Å²) in [7, 11) is 3.97. The number of benzene rings is 3. The van der Waals surface area contributed by atoms with Crippen LogP contribution in [-0.2, 0) is 9.53 Å². The molecule has 2 heterocycles. The number of ether oxygens (including phenoxy) is 2. The minimum absolute atomic E-state index is 0.202. The van der Waals surface area contributed by atoms with Crippen LogP contribution < -0.4 is 24.5 Å². The van der Waals surface area contributed by atoms with Gasteiger partial charge in [-0.1, -0.05) is 65.9 Å². The molecule has 1 aliphatic heterocycles. The number of nitrogens with zero attached hydrogens (tertiary/aromatic N) is 3. The van der Waals surface area contributed by atoms with Gasteiger partial charge in [-0.25, -0.2) is 9.79 Å². The fourth-order valence-corrected chi connectivity index (χ4v) is 5.69. The van der Waals surface area contributed by atoms with Crippen LogP contribution in [0.4, 0.5) is 5.69 Å². The molecule has 0 amide bonds. The highest BCUT2D eigenvalue weighted by Gasteiger charge is 2.35. The van der Waals surface area contributed by atoms with E-state index >= 15 is 0 Å². The first-order chi connectivity index (χ1) is 19.4. The van der Waals surface area contributed by atoms with E-state index in [0.717, 1.165) is 22.4 Å². The van der Waals surface area contributed by atoms with Crippen molar-refractivity contribution in [3.05, 3.63) is 121 Å². The molecule has 0 saturated carbocycles. The topological polar surface area (TPSA) is 73.1 Å². The first-order valence-electron chi connectivity index (χ1n) is 13.2. The molecule has 3 aromatic carbocycles. The molecule has 4 aromatic rings. The van der Waals surface area contributed by atoms with Crippen LogP contribution in [0.1, 0.15) is 36.6 Å². The fourth-order valence-electron chi connectivity index (χ4n) is 4.69. The second-order valence-electron chi connectivity index (χ2n) is 9.42. The van der Waals surface area contributed by atoms with Gasteiger partial charge in [0, 0.05) is 25.3 Å². The van der Waals surface area contributed by atoms with Crippen LogP contribution in [0, 0.1) is 0 Å². The molecule has 0 spiro atoms. The van der Waals surface area contributed by atoms with Crippen molar-refractivity contribution in [1.82, 2.24) is 4.57 Å². The first-order valence-corrected chi connectivity index (χ1v) is 14.0. The first kappa shape index (κ1) is 27.1. The molecule has 1 aliphatic rings. The van der Waals surface area contributed by atoms with Gasteiger partial charge in [0.2, 0.25) is 0 Å². The lowest BCUT2D eigenvalue weighted by Gasteiger charge is -2.26. The van der Waals surface area contributed by atoms with Gasteiger partial charge in [-0.15, -0.1) is 0 Å². The molecular weight excluding hydrogens is 522 g/mol. The Morgan fingerprint density at radius 3 is 2.30 bits per heavy atom. The number of rotatable bonds is 8. The maximum atomic E-state index is 14.0. The molecule has 0 bridgehead atoms. The van der Waals surface area contributed by atoms with Gasteiger partial charge in [0.15, 0.2) is 4.80 Å². The Morgan fingerprint density at radius 2 is 1.68 bits per heavy atom. The standard InChI is InChI=1S/C32H31N3O4S/c1-5-38-25-18-14-23(15-19-25)29-27(31(37)39-6-2)28(22-10-8-7-9-11-22)33-32-35(29)30(36)26(40-32)20-21-12-16-24(17-13-21)34(3)4/h7-20,29H,5-6H2,1-4H3/b26-20+/t29-/m0/s1. The number of thiazole rings is 1. The van der Waals surface area contributed by atoms with E-state index < -0.39 is 12.0 Å². The fraction of sp³-hybridized carbons (Fsp3) is 0.219. The van der Waals surface area contributed by atoms with Gasteiger partial charge in [0.25, 0.3) is 5.56 Å². The molecule has 40 heavy (non-hydrogen) atoms. The Kier molecular flexibility index (Phi) is 7.98. The molecule has 7 nitrogen and oxygen atoms in total. The van der Waals surface area contributed by atoms with Gasteiger partial charge in [-0.2, -0.15) is 0 Å². The molecule has 204 valence electrons. The number of fused-ring (bicyclic) bond motifs is 1. The number of aromatic nitrogens is 1. The van der Waals surface area contributed by atoms with Crippen LogP contribution in [0.15, 0.2) is 94.2 Å². The van der Waals surface area contributed by atoms with E-state index in [2.05, 4.69) is 0 Å². The Labute approximate surface area is 237 Å². The van der Waals surface area contributed by atoms with Crippen molar-refractivity contribution in [2.24, 2.45) is 4.99 Å².